The second-order valence-electron chi connectivity index (χ2n) is 2.74. The summed E-state index contributed by atoms with van der Waals surface area (Å²) in [5, 5.41) is 8.61. The first-order valence-corrected chi connectivity index (χ1v) is 4.91. The van der Waals surface area contributed by atoms with Crippen molar-refractivity contribution in [2.24, 2.45) is 5.73 Å². The molecule has 0 saturated heterocycles. The largest absolute Gasteiger partial charge is 0.480 e. The molecule has 13 heavy (non-hydrogen) atoms. The van der Waals surface area contributed by atoms with Crippen LogP contribution in [0.3, 0.4) is 0 Å². The maximum Gasteiger partial charge on any atom is 0.320 e. The average molecular weight is 295 g/mol. The third-order valence-electron chi connectivity index (χ3n) is 1.71. The van der Waals surface area contributed by atoms with Gasteiger partial charge in [0.25, 0.3) is 0 Å². The Labute approximate surface area is 90.1 Å². The molecule has 0 aliphatic rings. The number of halogens is 1. The second-order valence-corrected chi connectivity index (χ2v) is 3.90. The highest BCUT2D eigenvalue weighted by Gasteiger charge is 2.12. The smallest absolute Gasteiger partial charge is 0.320 e. The van der Waals surface area contributed by atoms with Crippen molar-refractivity contribution in [2.75, 3.05) is 0 Å². The van der Waals surface area contributed by atoms with Crippen molar-refractivity contribution in [3.63, 3.8) is 0 Å². The van der Waals surface area contributed by atoms with Crippen LogP contribution in [0.25, 0.3) is 0 Å². The summed E-state index contributed by atoms with van der Waals surface area (Å²) in [6.45, 7) is 0. The minimum Gasteiger partial charge on any atom is -0.480 e. The van der Waals surface area contributed by atoms with Crippen molar-refractivity contribution in [1.82, 2.24) is 0 Å². The van der Waals surface area contributed by atoms with Gasteiger partial charge in [0, 0.05) is 3.57 Å². The molecule has 0 spiro atoms. The number of hydrogen-bond acceptors (Lipinski definition) is 2. The highest BCUT2D eigenvalue weighted by atomic mass is 131. The summed E-state index contributed by atoms with van der Waals surface area (Å²) in [6.07, 6.45) is 0.383. The molecular weight excluding hydrogens is 285 g/mol. The van der Waals surface area contributed by atoms with Crippen LogP contribution in [0, 0.1) is 3.57 Å². The molecule has 1 aromatic rings. The van der Waals surface area contributed by atoms with Gasteiger partial charge < -0.3 is 10.8 Å². The number of aliphatic carboxylic acids is 1. The van der Waals surface area contributed by atoms with E-state index in [9.17, 15) is 4.79 Å². The Balaban J connectivity index is 2.74. The summed E-state index contributed by atoms with van der Waals surface area (Å²) < 4.78 is 1.05. The van der Waals surface area contributed by atoms with Gasteiger partial charge in [-0.3, -0.25) is 4.79 Å². The first kappa shape index (κ1) is 10.5. The third kappa shape index (κ3) is 2.96. The minimum atomic E-state index is -0.959. The minimum absolute atomic E-state index is 0.383. The van der Waals surface area contributed by atoms with E-state index >= 15 is 0 Å². The zero-order valence-electron chi connectivity index (χ0n) is 6.90. The van der Waals surface area contributed by atoms with Crippen molar-refractivity contribution in [3.8, 4) is 0 Å². The zero-order valence-corrected chi connectivity index (χ0v) is 9.06. The first-order chi connectivity index (χ1) is 6.11. The van der Waals surface area contributed by atoms with Crippen LogP contribution < -0.4 is 5.73 Å². The molecule has 4 heteroatoms. The lowest BCUT2D eigenvalue weighted by Crippen LogP contribution is -2.32. The van der Waals surface area contributed by atoms with Crippen LogP contribution in [0.5, 0.6) is 0 Å². The van der Waals surface area contributed by atoms with E-state index in [0.717, 1.165) is 9.13 Å². The van der Waals surface area contributed by atoms with E-state index in [-0.39, 0.29) is 0 Å². The summed E-state index contributed by atoms with van der Waals surface area (Å²) >= 11 is 2.17. The monoisotopic (exact) mass is 295 g/mol. The lowest BCUT2D eigenvalue weighted by molar-refractivity contribution is -0.138. The van der Waals surface area contributed by atoms with E-state index in [1.165, 1.54) is 0 Å². The van der Waals surface area contributed by atoms with Crippen molar-refractivity contribution in [2.45, 2.75) is 12.5 Å². The maximum absolute atomic E-state index is 10.5. The number of carboxylic acids is 1. The molecule has 0 radical (unpaired) electrons. The molecule has 0 heterocycles. The predicted octanol–water partition coefficient (Wildman–Crippen LogP) is 1.25. The van der Waals surface area contributed by atoms with Crippen molar-refractivity contribution in [3.05, 3.63) is 33.4 Å². The van der Waals surface area contributed by atoms with Crippen molar-refractivity contribution in [1.29, 1.82) is 0 Å². The van der Waals surface area contributed by atoms with E-state index in [4.69, 9.17) is 10.8 Å². The molecular formula is C9H10INO2. The van der Waals surface area contributed by atoms with E-state index in [2.05, 4.69) is 22.6 Å². The summed E-state index contributed by atoms with van der Waals surface area (Å²) in [5.74, 6) is -0.959. The van der Waals surface area contributed by atoms with Crippen LogP contribution in [0.2, 0.25) is 0 Å². The van der Waals surface area contributed by atoms with E-state index < -0.39 is 12.0 Å². The quantitative estimate of drug-likeness (QED) is 0.825. The molecule has 0 aliphatic carbocycles. The summed E-state index contributed by atoms with van der Waals surface area (Å²) in [4.78, 5) is 10.5. The van der Waals surface area contributed by atoms with Gasteiger partial charge in [0.2, 0.25) is 0 Å². The van der Waals surface area contributed by atoms with Gasteiger partial charge in [0.05, 0.1) is 0 Å². The Bertz CT molecular complexity index is 314. The Hall–Kier alpha value is -0.620. The summed E-state index contributed by atoms with van der Waals surface area (Å²) in [7, 11) is 0. The number of carboxylic acid groups (broad SMARTS) is 1. The SMILES string of the molecule is N[C@H](Cc1ccccc1[131I])C(=O)O. The molecule has 0 bridgehead atoms. The molecule has 0 unspecified atom stereocenters. The first-order valence-electron chi connectivity index (χ1n) is 3.83. The van der Waals surface area contributed by atoms with Gasteiger partial charge in [0.15, 0.2) is 0 Å². The van der Waals surface area contributed by atoms with Gasteiger partial charge in [-0.15, -0.1) is 0 Å². The van der Waals surface area contributed by atoms with Gasteiger partial charge in [-0.2, -0.15) is 0 Å². The highest BCUT2D eigenvalue weighted by molar-refractivity contribution is 14.1. The molecule has 3 N–H and O–H groups in total. The summed E-state index contributed by atoms with van der Waals surface area (Å²) in [5.41, 5.74) is 6.40. The Kier molecular flexibility index (Phi) is 3.68. The molecule has 0 aliphatic heterocycles. The van der Waals surface area contributed by atoms with Crippen molar-refractivity contribution >= 4 is 28.6 Å². The predicted molar refractivity (Wildman–Crippen MR) is 58.5 cm³/mol. The van der Waals surface area contributed by atoms with Gasteiger partial charge in [-0.1, -0.05) is 18.2 Å². The molecule has 0 fully saturated rings. The molecule has 70 valence electrons. The fourth-order valence-electron chi connectivity index (χ4n) is 0.988. The number of nitrogens with two attached hydrogens (primary N) is 1. The molecule has 1 rings (SSSR count). The molecule has 0 aromatic heterocycles. The zero-order chi connectivity index (χ0) is 9.84. The Morgan fingerprint density at radius 1 is 1.54 bits per heavy atom. The summed E-state index contributed by atoms with van der Waals surface area (Å²) in [6, 6.07) is 6.81. The van der Waals surface area contributed by atoms with E-state index in [1.807, 2.05) is 24.3 Å². The van der Waals surface area contributed by atoms with Gasteiger partial charge in [-0.25, -0.2) is 0 Å². The van der Waals surface area contributed by atoms with Gasteiger partial charge in [-0.05, 0) is 40.6 Å². The lowest BCUT2D eigenvalue weighted by atomic mass is 10.1. The number of carbonyl (C=O) groups is 1. The maximum atomic E-state index is 10.5. The molecule has 0 saturated carbocycles. The number of rotatable bonds is 3. The normalized spacial score (nSPS) is 12.5. The van der Waals surface area contributed by atoms with Crippen molar-refractivity contribution < 1.29 is 9.90 Å². The van der Waals surface area contributed by atoms with E-state index in [0.29, 0.717) is 6.42 Å². The molecule has 1 atom stereocenters. The van der Waals surface area contributed by atoms with E-state index in [1.54, 1.807) is 0 Å². The number of hydrogen-bond donors (Lipinski definition) is 2. The van der Waals surface area contributed by atoms with Crippen LogP contribution in [0.15, 0.2) is 24.3 Å². The standard InChI is InChI=1S/C9H10INO2/c10-7-4-2-1-3-6(7)5-8(11)9(12)13/h1-4,8H,5,11H2,(H,12,13)/t8-/m1/s1/i10+4. The second kappa shape index (κ2) is 4.57. The highest BCUT2D eigenvalue weighted by Crippen LogP contribution is 2.12. The van der Waals surface area contributed by atoms with Crippen LogP contribution in [0.4, 0.5) is 0 Å². The Morgan fingerprint density at radius 3 is 2.69 bits per heavy atom. The number of benzene rings is 1. The fraction of sp³-hybridized carbons (Fsp3) is 0.222. The van der Waals surface area contributed by atoms with Crippen LogP contribution in [-0.4, -0.2) is 17.1 Å². The Morgan fingerprint density at radius 2 is 2.15 bits per heavy atom. The van der Waals surface area contributed by atoms with Crippen LogP contribution in [0.1, 0.15) is 5.56 Å². The van der Waals surface area contributed by atoms with Gasteiger partial charge in [0.1, 0.15) is 6.04 Å². The van der Waals surface area contributed by atoms with Crippen LogP contribution in [-0.2, 0) is 11.2 Å². The molecule has 3 nitrogen and oxygen atoms in total. The topological polar surface area (TPSA) is 63.3 Å². The average Bonchev–Trinajstić information content (AvgIpc) is 2.08. The molecule has 1 aromatic carbocycles. The molecule has 0 amide bonds. The van der Waals surface area contributed by atoms with Crippen LogP contribution >= 0.6 is 22.6 Å². The fourth-order valence-corrected chi connectivity index (χ4v) is 1.60. The third-order valence-corrected chi connectivity index (χ3v) is 2.77. The lowest BCUT2D eigenvalue weighted by Gasteiger charge is -2.07. The van der Waals surface area contributed by atoms with Gasteiger partial charge >= 0.3 is 5.97 Å².